The van der Waals surface area contributed by atoms with E-state index in [9.17, 15) is 4.79 Å². The quantitative estimate of drug-likeness (QED) is 0.684. The highest BCUT2D eigenvalue weighted by molar-refractivity contribution is 5.84. The number of hydrogen-bond acceptors (Lipinski definition) is 4. The molecule has 0 spiro atoms. The van der Waals surface area contributed by atoms with Crippen LogP contribution in [0.1, 0.15) is 19.4 Å². The zero-order chi connectivity index (χ0) is 17.3. The van der Waals surface area contributed by atoms with E-state index in [1.807, 2.05) is 44.2 Å². The minimum atomic E-state index is -0.637. The highest BCUT2D eigenvalue weighted by Gasteiger charge is 2.33. The smallest absolute Gasteiger partial charge is 0.237 e. The molecule has 0 saturated heterocycles. The molecule has 2 aromatic heterocycles. The molecule has 0 aliphatic rings. The molecular formula is C18H21N5O. The van der Waals surface area contributed by atoms with Crippen molar-refractivity contribution >= 4 is 16.9 Å². The summed E-state index contributed by atoms with van der Waals surface area (Å²) in [6, 6.07) is 9.11. The Kier molecular flexibility index (Phi) is 4.07. The van der Waals surface area contributed by atoms with Gasteiger partial charge in [-0.25, -0.2) is 4.98 Å². The fourth-order valence-corrected chi connectivity index (χ4v) is 2.72. The normalized spacial score (nSPS) is 13.0. The molecule has 24 heavy (non-hydrogen) atoms. The van der Waals surface area contributed by atoms with Crippen LogP contribution in [-0.2, 0) is 10.2 Å². The number of H-pyrrole nitrogens is 1. The van der Waals surface area contributed by atoms with Crippen molar-refractivity contribution < 1.29 is 4.79 Å². The largest absolute Gasteiger partial charge is 0.358 e. The van der Waals surface area contributed by atoms with E-state index < -0.39 is 11.5 Å². The number of nitrogens with one attached hydrogen (secondary N) is 2. The van der Waals surface area contributed by atoms with Crippen LogP contribution in [0.25, 0.3) is 22.4 Å². The molecule has 6 nitrogen and oxygen atoms in total. The predicted octanol–water partition coefficient (Wildman–Crippen LogP) is 1.98. The first kappa shape index (κ1) is 16.1. The van der Waals surface area contributed by atoms with Crippen LogP contribution in [0, 0.1) is 0 Å². The molecule has 6 heteroatoms. The predicted molar refractivity (Wildman–Crippen MR) is 94.4 cm³/mol. The molecule has 0 aliphatic carbocycles. The number of nitrogens with two attached hydrogens (primary N) is 1. The van der Waals surface area contributed by atoms with E-state index in [4.69, 9.17) is 5.73 Å². The number of benzene rings is 1. The highest BCUT2D eigenvalue weighted by atomic mass is 16.2. The first-order chi connectivity index (χ1) is 11.4. The maximum Gasteiger partial charge on any atom is 0.237 e. The molecule has 1 atom stereocenters. The second-order valence-corrected chi connectivity index (χ2v) is 6.37. The summed E-state index contributed by atoms with van der Waals surface area (Å²) in [5.74, 6) is 0.611. The van der Waals surface area contributed by atoms with Crippen LogP contribution >= 0.6 is 0 Å². The maximum absolute atomic E-state index is 11.9. The fourth-order valence-electron chi connectivity index (χ4n) is 2.72. The molecular weight excluding hydrogens is 302 g/mol. The van der Waals surface area contributed by atoms with Crippen molar-refractivity contribution in [2.24, 2.45) is 5.73 Å². The topological polar surface area (TPSA) is 96.7 Å². The summed E-state index contributed by atoms with van der Waals surface area (Å²) < 4.78 is 0. The third-order valence-electron chi connectivity index (χ3n) is 4.49. The lowest BCUT2D eigenvalue weighted by Crippen LogP contribution is -2.51. The van der Waals surface area contributed by atoms with E-state index in [-0.39, 0.29) is 5.91 Å². The van der Waals surface area contributed by atoms with Crippen molar-refractivity contribution in [1.29, 1.82) is 0 Å². The third-order valence-corrected chi connectivity index (χ3v) is 4.49. The summed E-state index contributed by atoms with van der Waals surface area (Å²) in [4.78, 5) is 23.9. The fraction of sp³-hybridized carbons (Fsp3) is 0.278. The van der Waals surface area contributed by atoms with E-state index >= 15 is 0 Å². The van der Waals surface area contributed by atoms with Crippen molar-refractivity contribution in [2.45, 2.75) is 25.3 Å². The van der Waals surface area contributed by atoms with E-state index in [0.717, 1.165) is 28.0 Å². The number of likely N-dealkylation sites (N-methyl/N-ethyl adjacent to an activating group) is 1. The van der Waals surface area contributed by atoms with Gasteiger partial charge in [0.1, 0.15) is 5.82 Å². The van der Waals surface area contributed by atoms with Crippen LogP contribution < -0.4 is 11.1 Å². The Labute approximate surface area is 140 Å². The summed E-state index contributed by atoms with van der Waals surface area (Å²) in [6.45, 7) is 3.93. The number of rotatable bonds is 4. The molecule has 0 radical (unpaired) electrons. The number of nitrogens with zero attached hydrogens (tertiary/aromatic N) is 2. The van der Waals surface area contributed by atoms with E-state index in [2.05, 4.69) is 20.3 Å². The van der Waals surface area contributed by atoms with Crippen molar-refractivity contribution in [3.8, 4) is 11.4 Å². The van der Waals surface area contributed by atoms with Crippen LogP contribution in [0.4, 0.5) is 0 Å². The number of fused-ring (bicyclic) bond motifs is 1. The van der Waals surface area contributed by atoms with Gasteiger partial charge in [0.15, 0.2) is 0 Å². The Morgan fingerprint density at radius 1 is 1.25 bits per heavy atom. The van der Waals surface area contributed by atoms with Gasteiger partial charge in [-0.15, -0.1) is 0 Å². The molecule has 124 valence electrons. The zero-order valence-electron chi connectivity index (χ0n) is 14.0. The lowest BCUT2D eigenvalue weighted by molar-refractivity contribution is -0.123. The van der Waals surface area contributed by atoms with Crippen molar-refractivity contribution in [2.75, 3.05) is 7.05 Å². The molecule has 0 bridgehead atoms. The molecule has 0 fully saturated rings. The van der Waals surface area contributed by atoms with E-state index in [1.165, 1.54) is 0 Å². The maximum atomic E-state index is 11.9. The molecule has 0 saturated carbocycles. The second kappa shape index (κ2) is 6.05. The minimum absolute atomic E-state index is 0.179. The van der Waals surface area contributed by atoms with Gasteiger partial charge in [-0.3, -0.25) is 9.78 Å². The zero-order valence-corrected chi connectivity index (χ0v) is 14.0. The highest BCUT2D eigenvalue weighted by Crippen LogP contribution is 2.29. The van der Waals surface area contributed by atoms with E-state index in [1.54, 1.807) is 19.4 Å². The number of aromatic nitrogens is 3. The summed E-state index contributed by atoms with van der Waals surface area (Å²) >= 11 is 0. The molecule has 0 aliphatic heterocycles. The monoisotopic (exact) mass is 323 g/mol. The number of imidazole rings is 1. The Balaban J connectivity index is 2.01. The second-order valence-electron chi connectivity index (χ2n) is 6.37. The van der Waals surface area contributed by atoms with Crippen LogP contribution in [0.2, 0.25) is 0 Å². The number of amides is 1. The van der Waals surface area contributed by atoms with Gasteiger partial charge >= 0.3 is 0 Å². The summed E-state index contributed by atoms with van der Waals surface area (Å²) in [6.07, 6.45) is 3.47. The molecule has 1 aromatic carbocycles. The lowest BCUT2D eigenvalue weighted by atomic mass is 9.77. The van der Waals surface area contributed by atoms with Gasteiger partial charge in [0.25, 0.3) is 0 Å². The first-order valence-electron chi connectivity index (χ1n) is 7.81. The van der Waals surface area contributed by atoms with Gasteiger partial charge in [0.05, 0.1) is 17.1 Å². The van der Waals surface area contributed by atoms with Gasteiger partial charge in [-0.2, -0.15) is 0 Å². The summed E-state index contributed by atoms with van der Waals surface area (Å²) in [5.41, 5.74) is 9.37. The lowest BCUT2D eigenvalue weighted by Gasteiger charge is -2.30. The number of carbonyl (C=O) groups excluding carboxylic acids is 1. The van der Waals surface area contributed by atoms with Crippen LogP contribution in [-0.4, -0.2) is 33.9 Å². The summed E-state index contributed by atoms with van der Waals surface area (Å²) in [5, 5.41) is 2.61. The minimum Gasteiger partial charge on any atom is -0.358 e. The molecule has 4 N–H and O–H groups in total. The molecule has 1 unspecified atom stereocenters. The van der Waals surface area contributed by atoms with Gasteiger partial charge in [0, 0.05) is 30.4 Å². The van der Waals surface area contributed by atoms with Gasteiger partial charge in [-0.05, 0) is 29.8 Å². The molecule has 3 rings (SSSR count). The number of pyridine rings is 1. The standard InChI is InChI=1S/C18H21N5O/c1-18(2,15(19)17(24)20-3)12-4-5-13-14(10-12)23-16(22-13)11-6-8-21-9-7-11/h4-10,15H,19H2,1-3H3,(H,20,24)(H,22,23). The number of aromatic amines is 1. The van der Waals surface area contributed by atoms with Gasteiger partial charge in [-0.1, -0.05) is 19.9 Å². The van der Waals surface area contributed by atoms with Crippen molar-refractivity contribution in [3.05, 3.63) is 48.3 Å². The Morgan fingerprint density at radius 3 is 2.62 bits per heavy atom. The SMILES string of the molecule is CNC(=O)C(N)C(C)(C)c1ccc2nc(-c3ccncc3)[nH]c2c1. The van der Waals surface area contributed by atoms with Gasteiger partial charge in [0.2, 0.25) is 5.91 Å². The van der Waals surface area contributed by atoms with E-state index in [0.29, 0.717) is 0 Å². The van der Waals surface area contributed by atoms with Crippen LogP contribution in [0.3, 0.4) is 0 Å². The average molecular weight is 323 g/mol. The van der Waals surface area contributed by atoms with Gasteiger partial charge < -0.3 is 16.0 Å². The Bertz CT molecular complexity index is 870. The molecule has 3 aromatic rings. The molecule has 2 heterocycles. The van der Waals surface area contributed by atoms with Crippen molar-refractivity contribution in [3.63, 3.8) is 0 Å². The number of hydrogen-bond donors (Lipinski definition) is 3. The van der Waals surface area contributed by atoms with Crippen molar-refractivity contribution in [1.82, 2.24) is 20.3 Å². The summed E-state index contributed by atoms with van der Waals surface area (Å²) in [7, 11) is 1.59. The molecule has 1 amide bonds. The number of carbonyl (C=O) groups is 1. The average Bonchev–Trinajstić information content (AvgIpc) is 3.04. The third kappa shape index (κ3) is 2.76. The Morgan fingerprint density at radius 2 is 1.96 bits per heavy atom. The van der Waals surface area contributed by atoms with Crippen LogP contribution in [0.15, 0.2) is 42.7 Å². The van der Waals surface area contributed by atoms with Crippen LogP contribution in [0.5, 0.6) is 0 Å². The Hall–Kier alpha value is -2.73. The first-order valence-corrected chi connectivity index (χ1v) is 7.81.